The molecular weight excluding hydrogens is 276 g/mol. The van der Waals surface area contributed by atoms with Crippen LogP contribution in [0.1, 0.15) is 59.9 Å². The number of carbonyl (C=O) groups excluding carboxylic acids is 1. The number of carbonyl (C=O) groups is 2. The smallest absolute Gasteiger partial charge is 0.347 e. The minimum atomic E-state index is -0.966. The van der Waals surface area contributed by atoms with Crippen molar-refractivity contribution < 1.29 is 14.7 Å². The second kappa shape index (κ2) is 7.99. The Kier molecular flexibility index (Phi) is 6.64. The Morgan fingerprint density at radius 3 is 2.60 bits per heavy atom. The van der Waals surface area contributed by atoms with Crippen LogP contribution in [0.2, 0.25) is 0 Å². The van der Waals surface area contributed by atoms with Gasteiger partial charge < -0.3 is 10.4 Å². The Morgan fingerprint density at radius 2 is 2.10 bits per heavy atom. The van der Waals surface area contributed by atoms with E-state index in [0.717, 1.165) is 37.0 Å². The number of aromatic carboxylic acids is 1. The van der Waals surface area contributed by atoms with Crippen molar-refractivity contribution in [3.63, 3.8) is 0 Å². The van der Waals surface area contributed by atoms with Crippen molar-refractivity contribution in [1.29, 1.82) is 0 Å². The fourth-order valence-corrected chi connectivity index (χ4v) is 2.85. The van der Waals surface area contributed by atoms with Crippen LogP contribution in [0.3, 0.4) is 0 Å². The van der Waals surface area contributed by atoms with Crippen LogP contribution in [-0.2, 0) is 11.3 Å². The molecule has 0 aliphatic carbocycles. The summed E-state index contributed by atoms with van der Waals surface area (Å²) >= 11 is 1.12. The van der Waals surface area contributed by atoms with Gasteiger partial charge in [0.15, 0.2) is 0 Å². The lowest BCUT2D eigenvalue weighted by atomic mass is 9.98. The molecule has 1 atom stereocenters. The number of nitrogens with one attached hydrogen (secondary N) is 1. The standard InChI is InChI=1S/C14H22N2O3S/c1-4-6-7-10(5-2)13(17)15-8-11-16-9(3)12(20-11)14(18)19/h10H,4-8H2,1-3H3,(H,15,17)(H,18,19). The molecule has 20 heavy (non-hydrogen) atoms. The highest BCUT2D eigenvalue weighted by Gasteiger charge is 2.17. The van der Waals surface area contributed by atoms with Crippen LogP contribution >= 0.6 is 11.3 Å². The van der Waals surface area contributed by atoms with Crippen LogP contribution in [-0.4, -0.2) is 22.0 Å². The third-order valence-corrected chi connectivity index (χ3v) is 4.36. The quantitative estimate of drug-likeness (QED) is 0.773. The van der Waals surface area contributed by atoms with E-state index >= 15 is 0 Å². The highest BCUT2D eigenvalue weighted by Crippen LogP contribution is 2.18. The van der Waals surface area contributed by atoms with Gasteiger partial charge in [-0.25, -0.2) is 9.78 Å². The topological polar surface area (TPSA) is 79.3 Å². The molecule has 0 aromatic carbocycles. The van der Waals surface area contributed by atoms with Crippen LogP contribution in [0.5, 0.6) is 0 Å². The van der Waals surface area contributed by atoms with Crippen LogP contribution in [0.4, 0.5) is 0 Å². The summed E-state index contributed by atoms with van der Waals surface area (Å²) in [6.07, 6.45) is 3.85. The minimum Gasteiger partial charge on any atom is -0.477 e. The Labute approximate surface area is 123 Å². The molecule has 0 saturated carbocycles. The average Bonchev–Trinajstić information content (AvgIpc) is 2.78. The lowest BCUT2D eigenvalue weighted by molar-refractivity contribution is -0.125. The molecule has 0 saturated heterocycles. The van der Waals surface area contributed by atoms with Gasteiger partial charge >= 0.3 is 5.97 Å². The molecule has 1 heterocycles. The van der Waals surface area contributed by atoms with Crippen LogP contribution in [0, 0.1) is 12.8 Å². The van der Waals surface area contributed by atoms with Gasteiger partial charge in [0.2, 0.25) is 5.91 Å². The van der Waals surface area contributed by atoms with Crippen molar-refractivity contribution in [1.82, 2.24) is 10.3 Å². The number of hydrogen-bond acceptors (Lipinski definition) is 4. The van der Waals surface area contributed by atoms with Gasteiger partial charge in [-0.05, 0) is 19.8 Å². The number of rotatable bonds is 8. The van der Waals surface area contributed by atoms with Crippen LogP contribution < -0.4 is 5.32 Å². The first-order chi connectivity index (χ1) is 9.49. The summed E-state index contributed by atoms with van der Waals surface area (Å²) < 4.78 is 0. The lowest BCUT2D eigenvalue weighted by Crippen LogP contribution is -2.30. The fraction of sp³-hybridized carbons (Fsp3) is 0.643. The molecule has 0 aliphatic rings. The maximum absolute atomic E-state index is 12.0. The van der Waals surface area contributed by atoms with Gasteiger partial charge in [-0.2, -0.15) is 0 Å². The molecule has 5 nitrogen and oxygen atoms in total. The van der Waals surface area contributed by atoms with E-state index in [9.17, 15) is 9.59 Å². The van der Waals surface area contributed by atoms with Gasteiger partial charge in [-0.1, -0.05) is 26.7 Å². The Balaban J connectivity index is 2.55. The summed E-state index contributed by atoms with van der Waals surface area (Å²) in [4.78, 5) is 27.4. The molecular formula is C14H22N2O3S. The highest BCUT2D eigenvalue weighted by molar-refractivity contribution is 7.13. The zero-order chi connectivity index (χ0) is 15.1. The second-order valence-electron chi connectivity index (χ2n) is 4.79. The van der Waals surface area contributed by atoms with Gasteiger partial charge in [0, 0.05) is 5.92 Å². The van der Waals surface area contributed by atoms with Crippen molar-refractivity contribution in [2.75, 3.05) is 0 Å². The molecule has 1 amide bonds. The first-order valence-corrected chi connectivity index (χ1v) is 7.78. The molecule has 1 aromatic rings. The van der Waals surface area contributed by atoms with E-state index in [1.165, 1.54) is 0 Å². The molecule has 1 rings (SSSR count). The van der Waals surface area contributed by atoms with Gasteiger partial charge in [0.05, 0.1) is 12.2 Å². The number of carboxylic acids is 1. The van der Waals surface area contributed by atoms with E-state index < -0.39 is 5.97 Å². The molecule has 0 aliphatic heterocycles. The normalized spacial score (nSPS) is 12.2. The molecule has 6 heteroatoms. The Bertz CT molecular complexity index is 471. The number of amides is 1. The van der Waals surface area contributed by atoms with E-state index in [2.05, 4.69) is 17.2 Å². The second-order valence-corrected chi connectivity index (χ2v) is 5.88. The zero-order valence-electron chi connectivity index (χ0n) is 12.2. The van der Waals surface area contributed by atoms with Gasteiger partial charge in [-0.3, -0.25) is 4.79 Å². The summed E-state index contributed by atoms with van der Waals surface area (Å²) in [5.74, 6) is -0.896. The van der Waals surface area contributed by atoms with Crippen molar-refractivity contribution >= 4 is 23.2 Å². The predicted molar refractivity (Wildman–Crippen MR) is 79.0 cm³/mol. The van der Waals surface area contributed by atoms with E-state index in [1.54, 1.807) is 6.92 Å². The van der Waals surface area contributed by atoms with Crippen molar-refractivity contribution in [3.05, 3.63) is 15.6 Å². The Hall–Kier alpha value is -1.43. The van der Waals surface area contributed by atoms with Crippen LogP contribution in [0.25, 0.3) is 0 Å². The number of carboxylic acid groups (broad SMARTS) is 1. The van der Waals surface area contributed by atoms with Gasteiger partial charge in [-0.15, -0.1) is 11.3 Å². The maximum atomic E-state index is 12.0. The molecule has 2 N–H and O–H groups in total. The monoisotopic (exact) mass is 298 g/mol. The lowest BCUT2D eigenvalue weighted by Gasteiger charge is -2.13. The number of aryl methyl sites for hydroxylation is 1. The van der Waals surface area contributed by atoms with E-state index in [-0.39, 0.29) is 16.7 Å². The highest BCUT2D eigenvalue weighted by atomic mass is 32.1. The first-order valence-electron chi connectivity index (χ1n) is 6.96. The van der Waals surface area contributed by atoms with Crippen molar-refractivity contribution in [2.24, 2.45) is 5.92 Å². The average molecular weight is 298 g/mol. The molecule has 0 bridgehead atoms. The van der Waals surface area contributed by atoms with E-state index in [0.29, 0.717) is 17.2 Å². The molecule has 1 aromatic heterocycles. The van der Waals surface area contributed by atoms with E-state index in [4.69, 9.17) is 5.11 Å². The SMILES string of the molecule is CCCCC(CC)C(=O)NCc1nc(C)c(C(=O)O)s1. The van der Waals surface area contributed by atoms with Gasteiger partial charge in [0.1, 0.15) is 9.88 Å². The van der Waals surface area contributed by atoms with Gasteiger partial charge in [0.25, 0.3) is 0 Å². The first kappa shape index (κ1) is 16.6. The third-order valence-electron chi connectivity index (χ3n) is 3.22. The van der Waals surface area contributed by atoms with E-state index in [1.807, 2.05) is 6.92 Å². The minimum absolute atomic E-state index is 0.0330. The third kappa shape index (κ3) is 4.59. The summed E-state index contributed by atoms with van der Waals surface area (Å²) in [7, 11) is 0. The predicted octanol–water partition coefficient (Wildman–Crippen LogP) is 2.98. The summed E-state index contributed by atoms with van der Waals surface area (Å²) in [5, 5.41) is 12.5. The van der Waals surface area contributed by atoms with Crippen molar-refractivity contribution in [3.8, 4) is 0 Å². The largest absolute Gasteiger partial charge is 0.477 e. The number of unbranched alkanes of at least 4 members (excludes halogenated alkanes) is 1. The number of thiazole rings is 1. The molecule has 1 unspecified atom stereocenters. The molecule has 0 spiro atoms. The summed E-state index contributed by atoms with van der Waals surface area (Å²) in [6.45, 7) is 6.09. The van der Waals surface area contributed by atoms with Crippen LogP contribution in [0.15, 0.2) is 0 Å². The molecule has 0 fully saturated rings. The number of hydrogen-bond donors (Lipinski definition) is 2. The maximum Gasteiger partial charge on any atom is 0.347 e. The molecule has 0 radical (unpaired) electrons. The Morgan fingerprint density at radius 1 is 1.40 bits per heavy atom. The summed E-state index contributed by atoms with van der Waals surface area (Å²) in [5.41, 5.74) is 0.504. The summed E-state index contributed by atoms with van der Waals surface area (Å²) in [6, 6.07) is 0. The number of aromatic nitrogens is 1. The molecule has 112 valence electrons. The van der Waals surface area contributed by atoms with Crippen molar-refractivity contribution in [2.45, 2.75) is 53.0 Å². The fourth-order valence-electron chi connectivity index (χ4n) is 2.00. The zero-order valence-corrected chi connectivity index (χ0v) is 13.0. The number of nitrogens with zero attached hydrogens (tertiary/aromatic N) is 1.